The Labute approximate surface area is 238 Å². The summed E-state index contributed by atoms with van der Waals surface area (Å²) in [7, 11) is 3.92. The van der Waals surface area contributed by atoms with E-state index in [1.807, 2.05) is 66.7 Å². The lowest BCUT2D eigenvalue weighted by atomic mass is 10.1. The highest BCUT2D eigenvalue weighted by molar-refractivity contribution is 9.10. The Bertz CT molecular complexity index is 1300. The number of rotatable bonds is 10. The first kappa shape index (κ1) is 28.4. The minimum absolute atomic E-state index is 0.363. The number of benzene rings is 4. The number of halogens is 1. The molecule has 7 heteroatoms. The van der Waals surface area contributed by atoms with Gasteiger partial charge in [-0.15, -0.1) is 0 Å². The largest absolute Gasteiger partial charge is 0.497 e. The SMILES string of the molecule is COC(=O)/C(=C/c1ccc(Br)cc1)C[P+](c1ccc(OC)cc1)(c1ccc(OC)cc1)c1ccc(OC)cc1. The van der Waals surface area contributed by atoms with E-state index in [-0.39, 0.29) is 5.97 Å². The second kappa shape index (κ2) is 13.0. The lowest BCUT2D eigenvalue weighted by Gasteiger charge is -2.28. The van der Waals surface area contributed by atoms with E-state index in [2.05, 4.69) is 52.3 Å². The van der Waals surface area contributed by atoms with Crippen LogP contribution in [0.2, 0.25) is 0 Å². The summed E-state index contributed by atoms with van der Waals surface area (Å²) in [6.45, 7) is 0. The Hall–Kier alpha value is -3.60. The molecule has 0 aliphatic rings. The lowest BCUT2D eigenvalue weighted by Crippen LogP contribution is -2.35. The van der Waals surface area contributed by atoms with Gasteiger partial charge in [-0.2, -0.15) is 0 Å². The topological polar surface area (TPSA) is 54.0 Å². The maximum atomic E-state index is 13.3. The third-order valence-electron chi connectivity index (χ3n) is 6.61. The lowest BCUT2D eigenvalue weighted by molar-refractivity contribution is -0.135. The molecule has 0 saturated heterocycles. The van der Waals surface area contributed by atoms with Crippen molar-refractivity contribution in [2.75, 3.05) is 34.6 Å². The summed E-state index contributed by atoms with van der Waals surface area (Å²) < 4.78 is 22.7. The van der Waals surface area contributed by atoms with E-state index in [4.69, 9.17) is 18.9 Å². The van der Waals surface area contributed by atoms with Gasteiger partial charge in [-0.1, -0.05) is 28.1 Å². The van der Waals surface area contributed by atoms with Crippen molar-refractivity contribution >= 4 is 51.2 Å². The van der Waals surface area contributed by atoms with Gasteiger partial charge in [-0.3, -0.25) is 0 Å². The van der Waals surface area contributed by atoms with Gasteiger partial charge in [0.1, 0.15) is 46.6 Å². The summed E-state index contributed by atoms with van der Waals surface area (Å²) in [4.78, 5) is 13.3. The van der Waals surface area contributed by atoms with Crippen molar-refractivity contribution in [2.45, 2.75) is 0 Å². The highest BCUT2D eigenvalue weighted by atomic mass is 79.9. The van der Waals surface area contributed by atoms with Crippen LogP contribution in [-0.4, -0.2) is 40.6 Å². The minimum Gasteiger partial charge on any atom is -0.497 e. The van der Waals surface area contributed by atoms with Crippen LogP contribution in [0.15, 0.2) is 107 Å². The van der Waals surface area contributed by atoms with Crippen LogP contribution in [0.3, 0.4) is 0 Å². The molecular formula is C32H31BrO5P+. The smallest absolute Gasteiger partial charge is 0.337 e. The first-order chi connectivity index (χ1) is 18.9. The van der Waals surface area contributed by atoms with Crippen LogP contribution in [0.4, 0.5) is 0 Å². The van der Waals surface area contributed by atoms with Crippen molar-refractivity contribution in [2.24, 2.45) is 0 Å². The summed E-state index contributed by atoms with van der Waals surface area (Å²) in [6.07, 6.45) is 2.37. The van der Waals surface area contributed by atoms with E-state index in [1.54, 1.807) is 21.3 Å². The van der Waals surface area contributed by atoms with Gasteiger partial charge >= 0.3 is 5.97 Å². The van der Waals surface area contributed by atoms with Gasteiger partial charge in [0.05, 0.1) is 34.0 Å². The molecule has 4 aromatic carbocycles. The number of ether oxygens (including phenoxy) is 4. The van der Waals surface area contributed by atoms with Crippen molar-refractivity contribution in [3.63, 3.8) is 0 Å². The molecule has 4 rings (SSSR count). The zero-order valence-electron chi connectivity index (χ0n) is 22.4. The number of carbonyl (C=O) groups excluding carboxylic acids is 1. The molecule has 0 spiro atoms. The molecule has 39 heavy (non-hydrogen) atoms. The summed E-state index contributed by atoms with van der Waals surface area (Å²) in [6, 6.07) is 32.2. The molecule has 200 valence electrons. The molecule has 0 saturated carbocycles. The van der Waals surface area contributed by atoms with Crippen molar-refractivity contribution < 1.29 is 23.7 Å². The van der Waals surface area contributed by atoms with E-state index in [1.165, 1.54) is 7.11 Å². The molecule has 4 aromatic rings. The van der Waals surface area contributed by atoms with E-state index in [0.29, 0.717) is 11.7 Å². The van der Waals surface area contributed by atoms with Crippen LogP contribution in [0, 0.1) is 0 Å². The minimum atomic E-state index is -2.46. The molecule has 0 aromatic heterocycles. The van der Waals surface area contributed by atoms with E-state index in [9.17, 15) is 4.79 Å². The summed E-state index contributed by atoms with van der Waals surface area (Å²) in [5.74, 6) is 1.93. The zero-order chi connectivity index (χ0) is 27.8. The second-order valence-corrected chi connectivity index (χ2v) is 13.2. The van der Waals surface area contributed by atoms with Crippen LogP contribution >= 0.6 is 23.2 Å². The van der Waals surface area contributed by atoms with Gasteiger partial charge < -0.3 is 18.9 Å². The molecule has 0 fully saturated rings. The predicted octanol–water partition coefficient (Wildman–Crippen LogP) is 6.03. The van der Waals surface area contributed by atoms with Crippen LogP contribution in [0.5, 0.6) is 17.2 Å². The molecule has 0 radical (unpaired) electrons. The average Bonchev–Trinajstić information content (AvgIpc) is 3.00. The fourth-order valence-corrected chi connectivity index (χ4v) is 8.96. The summed E-state index contributed by atoms with van der Waals surface area (Å²) in [5, 5.41) is 3.30. The average molecular weight is 606 g/mol. The fraction of sp³-hybridized carbons (Fsp3) is 0.156. The molecule has 0 unspecified atom stereocenters. The van der Waals surface area contributed by atoms with Gasteiger partial charge in [0.25, 0.3) is 0 Å². The normalized spacial score (nSPS) is 11.6. The Morgan fingerprint density at radius 1 is 0.641 bits per heavy atom. The molecule has 0 heterocycles. The van der Waals surface area contributed by atoms with E-state index in [0.717, 1.165) is 43.2 Å². The van der Waals surface area contributed by atoms with Gasteiger partial charge in [0.15, 0.2) is 0 Å². The first-order valence-electron chi connectivity index (χ1n) is 12.3. The van der Waals surface area contributed by atoms with E-state index < -0.39 is 7.26 Å². The number of hydrogen-bond acceptors (Lipinski definition) is 5. The van der Waals surface area contributed by atoms with Gasteiger partial charge in [-0.05, 0) is 96.6 Å². The van der Waals surface area contributed by atoms with Crippen LogP contribution in [0.25, 0.3) is 6.08 Å². The highest BCUT2D eigenvalue weighted by Gasteiger charge is 2.47. The standard InChI is InChI=1S/C32H31BrO5P/c1-35-26-9-15-29(16-10-26)39(30-17-11-27(36-2)12-18-30,31-19-13-28(37-3)14-20-31)22-24(32(34)38-4)21-23-5-7-25(33)8-6-23/h5-21H,22H2,1-4H3/q+1/b24-21+. The predicted molar refractivity (Wildman–Crippen MR) is 164 cm³/mol. The zero-order valence-corrected chi connectivity index (χ0v) is 24.9. The Morgan fingerprint density at radius 3 is 1.36 bits per heavy atom. The highest BCUT2D eigenvalue weighted by Crippen LogP contribution is 2.57. The van der Waals surface area contributed by atoms with Gasteiger partial charge in [-0.25, -0.2) is 4.79 Å². The maximum Gasteiger partial charge on any atom is 0.337 e. The van der Waals surface area contributed by atoms with Crippen molar-refractivity contribution in [1.82, 2.24) is 0 Å². The molecule has 0 aliphatic carbocycles. The van der Waals surface area contributed by atoms with Crippen molar-refractivity contribution in [3.8, 4) is 17.2 Å². The number of carbonyl (C=O) groups is 1. The maximum absolute atomic E-state index is 13.3. The molecule has 0 atom stereocenters. The molecule has 5 nitrogen and oxygen atoms in total. The monoisotopic (exact) mass is 605 g/mol. The van der Waals surface area contributed by atoms with Gasteiger partial charge in [0, 0.05) is 4.47 Å². The second-order valence-electron chi connectivity index (χ2n) is 8.77. The van der Waals surface area contributed by atoms with Crippen molar-refractivity contribution in [3.05, 3.63) is 113 Å². The molecule has 0 N–H and O–H groups in total. The van der Waals surface area contributed by atoms with Crippen molar-refractivity contribution in [1.29, 1.82) is 0 Å². The Balaban J connectivity index is 2.01. The number of methoxy groups -OCH3 is 4. The van der Waals surface area contributed by atoms with Crippen LogP contribution in [0.1, 0.15) is 5.56 Å². The summed E-state index contributed by atoms with van der Waals surface area (Å²) >= 11 is 3.49. The quantitative estimate of drug-likeness (QED) is 0.126. The van der Waals surface area contributed by atoms with Crippen LogP contribution < -0.4 is 30.1 Å². The molecule has 0 bridgehead atoms. The third kappa shape index (κ3) is 6.35. The summed E-state index contributed by atoms with van der Waals surface area (Å²) in [5.41, 5.74) is 1.49. The Morgan fingerprint density at radius 2 is 1.03 bits per heavy atom. The first-order valence-corrected chi connectivity index (χ1v) is 15.1. The number of hydrogen-bond donors (Lipinski definition) is 0. The van der Waals surface area contributed by atoms with Crippen LogP contribution in [-0.2, 0) is 9.53 Å². The van der Waals surface area contributed by atoms with Gasteiger partial charge in [0.2, 0.25) is 0 Å². The molecular weight excluding hydrogens is 575 g/mol. The molecule has 0 amide bonds. The Kier molecular flexibility index (Phi) is 9.45. The number of esters is 1. The fourth-order valence-electron chi connectivity index (χ4n) is 4.55. The van der Waals surface area contributed by atoms with E-state index >= 15 is 0 Å². The molecule has 0 aliphatic heterocycles. The third-order valence-corrected chi connectivity index (χ3v) is 11.5.